The maximum absolute atomic E-state index is 13.4. The van der Waals surface area contributed by atoms with Crippen molar-refractivity contribution in [1.29, 1.82) is 0 Å². The zero-order valence-electron chi connectivity index (χ0n) is 17.4. The monoisotopic (exact) mass is 470 g/mol. The summed E-state index contributed by atoms with van der Waals surface area (Å²) in [6.07, 6.45) is 4.51. The topological polar surface area (TPSA) is 59.8 Å². The minimum atomic E-state index is -0.124. The summed E-state index contributed by atoms with van der Waals surface area (Å²) >= 11 is 9.37. The van der Waals surface area contributed by atoms with E-state index < -0.39 is 0 Å². The summed E-state index contributed by atoms with van der Waals surface area (Å²) in [7, 11) is 0. The van der Waals surface area contributed by atoms with E-state index in [1.165, 1.54) is 16.0 Å². The van der Waals surface area contributed by atoms with Crippen LogP contribution >= 0.6 is 34.3 Å². The molecule has 5 rings (SSSR count). The lowest BCUT2D eigenvalue weighted by atomic mass is 9.93. The Morgan fingerprint density at radius 3 is 3.03 bits per heavy atom. The predicted octanol–water partition coefficient (Wildman–Crippen LogP) is 5.13. The molecule has 8 heteroatoms. The van der Waals surface area contributed by atoms with Gasteiger partial charge in [0.25, 0.3) is 5.56 Å². The van der Waals surface area contributed by atoms with E-state index in [-0.39, 0.29) is 11.6 Å². The molecule has 0 bridgehead atoms. The van der Waals surface area contributed by atoms with Crippen molar-refractivity contribution in [3.05, 3.63) is 78.1 Å². The number of fused-ring (bicyclic) bond motifs is 3. The van der Waals surface area contributed by atoms with Crippen molar-refractivity contribution in [2.24, 2.45) is 0 Å². The first-order valence-corrected chi connectivity index (χ1v) is 12.5. The van der Waals surface area contributed by atoms with Gasteiger partial charge in [0, 0.05) is 27.9 Å². The average molecular weight is 471 g/mol. The third kappa shape index (κ3) is 4.07. The highest BCUT2D eigenvalue weighted by atomic mass is 35.5. The molecule has 1 aliphatic carbocycles. The fourth-order valence-electron chi connectivity index (χ4n) is 4.25. The fourth-order valence-corrected chi connectivity index (χ4v) is 6.42. The van der Waals surface area contributed by atoms with Gasteiger partial charge in [0.2, 0.25) is 0 Å². The fraction of sp³-hybridized carbons (Fsp3) is 0.348. The van der Waals surface area contributed by atoms with Gasteiger partial charge in [-0.1, -0.05) is 23.7 Å². The number of nitrogens with zero attached hydrogens (tertiary/aromatic N) is 3. The van der Waals surface area contributed by atoms with E-state index in [4.69, 9.17) is 11.6 Å². The summed E-state index contributed by atoms with van der Waals surface area (Å²) in [6, 6.07) is 8.23. The minimum absolute atomic E-state index is 0.0472. The van der Waals surface area contributed by atoms with Crippen LogP contribution in [0, 0.1) is 6.92 Å². The van der Waals surface area contributed by atoms with Crippen LogP contribution in [0.1, 0.15) is 46.1 Å². The molecule has 5 nitrogen and oxygen atoms in total. The zero-order chi connectivity index (χ0) is 21.5. The van der Waals surface area contributed by atoms with Gasteiger partial charge in [-0.05, 0) is 56.4 Å². The van der Waals surface area contributed by atoms with Gasteiger partial charge in [0.1, 0.15) is 4.83 Å². The molecule has 4 aromatic rings. The van der Waals surface area contributed by atoms with Crippen molar-refractivity contribution in [3.8, 4) is 0 Å². The maximum Gasteiger partial charge on any atom is 0.262 e. The van der Waals surface area contributed by atoms with E-state index in [0.29, 0.717) is 6.04 Å². The Bertz CT molecular complexity index is 1310. The Labute approximate surface area is 193 Å². The van der Waals surface area contributed by atoms with Crippen LogP contribution in [0.2, 0.25) is 5.02 Å². The normalized spacial score (nSPS) is 17.1. The standard InChI is InChI=1S/C23H23ClN4OS2/c1-13(19-11-30-14(2)27-19)28-12-26-22-21(23(28)29)18-7-6-17(9-20(18)31-22)25-10-15-4-3-5-16(24)8-15/h3-5,8,11-13,17,25H,6-7,9-10H2,1-2H3. The van der Waals surface area contributed by atoms with E-state index in [0.717, 1.165) is 51.7 Å². The molecule has 1 aliphatic rings. The van der Waals surface area contributed by atoms with Crippen LogP contribution in [0.3, 0.4) is 0 Å². The first-order valence-electron chi connectivity index (χ1n) is 10.4. The first kappa shape index (κ1) is 20.8. The molecule has 0 radical (unpaired) electrons. The van der Waals surface area contributed by atoms with Gasteiger partial charge in [-0.3, -0.25) is 9.36 Å². The van der Waals surface area contributed by atoms with Gasteiger partial charge in [-0.2, -0.15) is 0 Å². The highest BCUT2D eigenvalue weighted by Gasteiger charge is 2.26. The molecule has 0 saturated carbocycles. The summed E-state index contributed by atoms with van der Waals surface area (Å²) < 4.78 is 1.73. The molecule has 3 aromatic heterocycles. The number of hydrogen-bond acceptors (Lipinski definition) is 6. The lowest BCUT2D eigenvalue weighted by Crippen LogP contribution is -2.34. The molecule has 2 atom stereocenters. The molecule has 0 spiro atoms. The summed E-state index contributed by atoms with van der Waals surface area (Å²) in [5.41, 5.74) is 3.34. The number of thiazole rings is 1. The molecule has 1 N–H and O–H groups in total. The molecule has 160 valence electrons. The Morgan fingerprint density at radius 2 is 2.26 bits per heavy atom. The van der Waals surface area contributed by atoms with Crippen LogP contribution < -0.4 is 10.9 Å². The summed E-state index contributed by atoms with van der Waals surface area (Å²) in [6.45, 7) is 4.79. The van der Waals surface area contributed by atoms with Crippen LogP contribution in [0.15, 0.2) is 40.8 Å². The van der Waals surface area contributed by atoms with Crippen LogP contribution in [-0.2, 0) is 19.4 Å². The van der Waals surface area contributed by atoms with Gasteiger partial charge >= 0.3 is 0 Å². The lowest BCUT2D eigenvalue weighted by Gasteiger charge is -2.23. The van der Waals surface area contributed by atoms with E-state index in [1.54, 1.807) is 33.6 Å². The van der Waals surface area contributed by atoms with E-state index >= 15 is 0 Å². The Kier molecular flexibility index (Phi) is 5.69. The number of aromatic nitrogens is 3. The maximum atomic E-state index is 13.4. The number of nitrogens with one attached hydrogen (secondary N) is 1. The summed E-state index contributed by atoms with van der Waals surface area (Å²) in [5, 5.41) is 8.25. The van der Waals surface area contributed by atoms with Crippen molar-refractivity contribution < 1.29 is 0 Å². The van der Waals surface area contributed by atoms with Crippen LogP contribution in [0.5, 0.6) is 0 Å². The second-order valence-electron chi connectivity index (χ2n) is 8.06. The molecule has 3 heterocycles. The number of rotatable bonds is 5. The second kappa shape index (κ2) is 8.47. The van der Waals surface area contributed by atoms with Gasteiger partial charge in [0.05, 0.1) is 28.5 Å². The van der Waals surface area contributed by atoms with Crippen molar-refractivity contribution in [2.45, 2.75) is 51.7 Å². The second-order valence-corrected chi connectivity index (χ2v) is 10.6. The summed E-state index contributed by atoms with van der Waals surface area (Å²) in [5.74, 6) is 0. The number of aryl methyl sites for hydroxylation is 2. The molecule has 2 unspecified atom stereocenters. The van der Waals surface area contributed by atoms with E-state index in [2.05, 4.69) is 21.4 Å². The zero-order valence-corrected chi connectivity index (χ0v) is 19.8. The molecule has 0 aliphatic heterocycles. The smallest absolute Gasteiger partial charge is 0.262 e. The number of hydrogen-bond donors (Lipinski definition) is 1. The van der Waals surface area contributed by atoms with E-state index in [1.807, 2.05) is 37.4 Å². The number of benzene rings is 1. The Morgan fingerprint density at radius 1 is 1.39 bits per heavy atom. The van der Waals surface area contributed by atoms with Crippen LogP contribution in [0.4, 0.5) is 0 Å². The van der Waals surface area contributed by atoms with Gasteiger partial charge < -0.3 is 5.32 Å². The quantitative estimate of drug-likeness (QED) is 0.439. The van der Waals surface area contributed by atoms with Crippen molar-refractivity contribution in [3.63, 3.8) is 0 Å². The van der Waals surface area contributed by atoms with Crippen molar-refractivity contribution >= 4 is 44.5 Å². The Balaban J connectivity index is 1.39. The molecule has 0 amide bonds. The Hall–Kier alpha value is -2.06. The predicted molar refractivity (Wildman–Crippen MR) is 129 cm³/mol. The van der Waals surface area contributed by atoms with E-state index in [9.17, 15) is 4.79 Å². The van der Waals surface area contributed by atoms with Gasteiger partial charge in [0.15, 0.2) is 0 Å². The van der Waals surface area contributed by atoms with Gasteiger partial charge in [-0.25, -0.2) is 9.97 Å². The van der Waals surface area contributed by atoms with Crippen LogP contribution in [-0.4, -0.2) is 20.6 Å². The molecule has 1 aromatic carbocycles. The SMILES string of the molecule is Cc1nc(C(C)n2cnc3sc4c(c3c2=O)CCC(NCc2cccc(Cl)c2)C4)cs1. The number of thiophene rings is 1. The van der Waals surface area contributed by atoms with Gasteiger partial charge in [-0.15, -0.1) is 22.7 Å². The van der Waals surface area contributed by atoms with Crippen LogP contribution in [0.25, 0.3) is 10.2 Å². The molecular formula is C23H23ClN4OS2. The van der Waals surface area contributed by atoms with Crippen molar-refractivity contribution in [2.75, 3.05) is 0 Å². The highest BCUT2D eigenvalue weighted by Crippen LogP contribution is 2.34. The molecule has 0 fully saturated rings. The summed E-state index contributed by atoms with van der Waals surface area (Å²) in [4.78, 5) is 24.7. The largest absolute Gasteiger partial charge is 0.310 e. The average Bonchev–Trinajstić information content (AvgIpc) is 3.35. The minimum Gasteiger partial charge on any atom is -0.310 e. The highest BCUT2D eigenvalue weighted by molar-refractivity contribution is 7.18. The number of halogens is 1. The van der Waals surface area contributed by atoms with Crippen molar-refractivity contribution in [1.82, 2.24) is 19.9 Å². The molecular weight excluding hydrogens is 448 g/mol. The third-order valence-corrected chi connectivity index (χ3v) is 8.15. The molecule has 0 saturated heterocycles. The molecule has 31 heavy (non-hydrogen) atoms. The first-order chi connectivity index (χ1) is 15.0. The lowest BCUT2D eigenvalue weighted by molar-refractivity contribution is 0.462. The third-order valence-electron chi connectivity index (χ3n) is 5.96.